The van der Waals surface area contributed by atoms with Crippen LogP contribution in [-0.4, -0.2) is 28.9 Å². The third-order valence-electron chi connectivity index (χ3n) is 2.61. The summed E-state index contributed by atoms with van der Waals surface area (Å²) in [5, 5.41) is 7.38. The third kappa shape index (κ3) is 1.98. The van der Waals surface area contributed by atoms with E-state index in [0.29, 0.717) is 0 Å². The van der Waals surface area contributed by atoms with Crippen molar-refractivity contribution in [2.45, 2.75) is 6.42 Å². The van der Waals surface area contributed by atoms with Gasteiger partial charge in [-0.15, -0.1) is 0 Å². The molecule has 0 radical (unpaired) electrons. The molecule has 1 atom stereocenters. The smallest absolute Gasteiger partial charge is 0.221 e. The van der Waals surface area contributed by atoms with Gasteiger partial charge in [-0.3, -0.25) is 5.41 Å². The Hall–Kier alpha value is -1.85. The molecule has 0 aromatic carbocycles. The van der Waals surface area contributed by atoms with Crippen molar-refractivity contribution in [1.82, 2.24) is 9.97 Å². The quantitative estimate of drug-likeness (QED) is 0.460. The average Bonchev–Trinajstić information content (AvgIpc) is 2.66. The van der Waals surface area contributed by atoms with E-state index in [0.717, 1.165) is 25.3 Å². The van der Waals surface area contributed by atoms with E-state index in [4.69, 9.17) is 16.9 Å². The van der Waals surface area contributed by atoms with Gasteiger partial charge in [-0.1, -0.05) is 0 Å². The van der Waals surface area contributed by atoms with Crippen LogP contribution in [0.1, 0.15) is 6.42 Å². The highest BCUT2D eigenvalue weighted by Crippen LogP contribution is 2.21. The minimum Gasteiger partial charge on any atom is -0.387 e. The van der Waals surface area contributed by atoms with Crippen LogP contribution in [0.5, 0.6) is 0 Å². The molecule has 15 heavy (non-hydrogen) atoms. The maximum absolute atomic E-state index is 7.38. The number of rotatable bonds is 2. The van der Waals surface area contributed by atoms with Gasteiger partial charge in [-0.25, -0.2) is 4.98 Å². The second-order valence-corrected chi connectivity index (χ2v) is 3.66. The van der Waals surface area contributed by atoms with E-state index in [1.165, 1.54) is 0 Å². The maximum Gasteiger partial charge on any atom is 0.221 e. The summed E-state index contributed by atoms with van der Waals surface area (Å²) >= 11 is 0. The lowest BCUT2D eigenvalue weighted by atomic mass is 10.1. The van der Waals surface area contributed by atoms with Crippen LogP contribution in [0.4, 0.5) is 11.8 Å². The fourth-order valence-corrected chi connectivity index (χ4v) is 1.76. The molecule has 0 saturated carbocycles. The Morgan fingerprint density at radius 3 is 3.00 bits per heavy atom. The molecule has 1 aliphatic heterocycles. The number of anilines is 2. The number of aromatic nitrogens is 2. The highest BCUT2D eigenvalue weighted by Gasteiger charge is 2.25. The molecule has 2 rings (SSSR count). The Balaban J connectivity index is 2.11. The van der Waals surface area contributed by atoms with E-state index < -0.39 is 0 Å². The van der Waals surface area contributed by atoms with Crippen LogP contribution in [0.25, 0.3) is 0 Å². The molecule has 0 amide bonds. The van der Waals surface area contributed by atoms with Gasteiger partial charge < -0.3 is 16.4 Å². The first kappa shape index (κ1) is 9.70. The van der Waals surface area contributed by atoms with Crippen molar-refractivity contribution >= 4 is 17.6 Å². The minimum atomic E-state index is 0.140. The highest BCUT2D eigenvalue weighted by molar-refractivity contribution is 5.80. The van der Waals surface area contributed by atoms with Gasteiger partial charge in [-0.2, -0.15) is 4.98 Å². The lowest BCUT2D eigenvalue weighted by molar-refractivity contribution is 0.769. The molecular weight excluding hydrogens is 192 g/mol. The lowest BCUT2D eigenvalue weighted by Crippen LogP contribution is -2.27. The SMILES string of the molecule is N=C(N)C1CCN(c2ccnc(N)n2)C1. The Labute approximate surface area is 87.8 Å². The predicted octanol–water partition coefficient (Wildman–Crippen LogP) is -0.179. The van der Waals surface area contributed by atoms with Crippen LogP contribution < -0.4 is 16.4 Å². The molecule has 1 aromatic rings. The van der Waals surface area contributed by atoms with Gasteiger partial charge in [0.25, 0.3) is 0 Å². The summed E-state index contributed by atoms with van der Waals surface area (Å²) in [5.74, 6) is 1.48. The Bertz CT molecular complexity index is 377. The molecule has 0 spiro atoms. The molecular formula is C9H14N6. The first-order valence-electron chi connectivity index (χ1n) is 4.84. The third-order valence-corrected chi connectivity index (χ3v) is 2.61. The summed E-state index contributed by atoms with van der Waals surface area (Å²) in [6.45, 7) is 1.60. The second-order valence-electron chi connectivity index (χ2n) is 3.66. The number of nitrogens with zero attached hydrogens (tertiary/aromatic N) is 3. The van der Waals surface area contributed by atoms with E-state index in [1.54, 1.807) is 6.20 Å². The van der Waals surface area contributed by atoms with Crippen LogP contribution in [0.3, 0.4) is 0 Å². The molecule has 1 unspecified atom stereocenters. The monoisotopic (exact) mass is 206 g/mol. The van der Waals surface area contributed by atoms with Crippen LogP contribution in [0, 0.1) is 11.3 Å². The number of hydrogen-bond donors (Lipinski definition) is 3. The summed E-state index contributed by atoms with van der Waals surface area (Å²) in [7, 11) is 0. The zero-order valence-electron chi connectivity index (χ0n) is 8.35. The summed E-state index contributed by atoms with van der Waals surface area (Å²) in [4.78, 5) is 10.0. The number of nitrogens with one attached hydrogen (secondary N) is 1. The van der Waals surface area contributed by atoms with Gasteiger partial charge >= 0.3 is 0 Å². The zero-order valence-corrected chi connectivity index (χ0v) is 8.35. The Morgan fingerprint density at radius 2 is 2.40 bits per heavy atom. The van der Waals surface area contributed by atoms with E-state index in [-0.39, 0.29) is 17.7 Å². The van der Waals surface area contributed by atoms with Crippen molar-refractivity contribution in [2.75, 3.05) is 23.7 Å². The molecule has 6 heteroatoms. The summed E-state index contributed by atoms with van der Waals surface area (Å²) in [5.41, 5.74) is 11.0. The number of nitrogen functional groups attached to an aromatic ring is 1. The van der Waals surface area contributed by atoms with Gasteiger partial charge in [0.2, 0.25) is 5.95 Å². The molecule has 5 N–H and O–H groups in total. The minimum absolute atomic E-state index is 0.140. The zero-order chi connectivity index (χ0) is 10.8. The van der Waals surface area contributed by atoms with Gasteiger partial charge in [-0.05, 0) is 12.5 Å². The number of amidine groups is 1. The van der Waals surface area contributed by atoms with E-state index in [2.05, 4.69) is 14.9 Å². The number of nitrogens with two attached hydrogens (primary N) is 2. The predicted molar refractivity (Wildman–Crippen MR) is 58.7 cm³/mol. The largest absolute Gasteiger partial charge is 0.387 e. The standard InChI is InChI=1S/C9H14N6/c10-8(11)6-2-4-15(5-6)7-1-3-13-9(12)14-7/h1,3,6H,2,4-5H2,(H3,10,11)(H2,12,13,14). The van der Waals surface area contributed by atoms with Crippen molar-refractivity contribution in [3.63, 3.8) is 0 Å². The fraction of sp³-hybridized carbons (Fsp3) is 0.444. The van der Waals surface area contributed by atoms with Gasteiger partial charge in [0, 0.05) is 25.2 Å². The normalized spacial score (nSPS) is 20.5. The lowest BCUT2D eigenvalue weighted by Gasteiger charge is -2.16. The molecule has 6 nitrogen and oxygen atoms in total. The average molecular weight is 206 g/mol. The van der Waals surface area contributed by atoms with Crippen molar-refractivity contribution in [1.29, 1.82) is 5.41 Å². The molecule has 1 fully saturated rings. The van der Waals surface area contributed by atoms with Gasteiger partial charge in [0.05, 0.1) is 5.84 Å². The molecule has 1 aromatic heterocycles. The van der Waals surface area contributed by atoms with Crippen molar-refractivity contribution < 1.29 is 0 Å². The molecule has 1 aliphatic rings. The second kappa shape index (κ2) is 3.72. The maximum atomic E-state index is 7.38. The van der Waals surface area contributed by atoms with E-state index in [1.807, 2.05) is 6.07 Å². The number of hydrogen-bond acceptors (Lipinski definition) is 5. The van der Waals surface area contributed by atoms with Crippen molar-refractivity contribution in [3.05, 3.63) is 12.3 Å². The van der Waals surface area contributed by atoms with Gasteiger partial charge in [0.1, 0.15) is 5.82 Å². The summed E-state index contributed by atoms with van der Waals surface area (Å²) in [6.07, 6.45) is 2.54. The summed E-state index contributed by atoms with van der Waals surface area (Å²) in [6, 6.07) is 1.82. The molecule has 80 valence electrons. The molecule has 0 bridgehead atoms. The van der Waals surface area contributed by atoms with E-state index in [9.17, 15) is 0 Å². The van der Waals surface area contributed by atoms with Gasteiger partial charge in [0.15, 0.2) is 0 Å². The summed E-state index contributed by atoms with van der Waals surface area (Å²) < 4.78 is 0. The highest BCUT2D eigenvalue weighted by atomic mass is 15.2. The van der Waals surface area contributed by atoms with Crippen LogP contribution in [-0.2, 0) is 0 Å². The van der Waals surface area contributed by atoms with Crippen molar-refractivity contribution in [2.24, 2.45) is 11.7 Å². The van der Waals surface area contributed by atoms with E-state index >= 15 is 0 Å². The fourth-order valence-electron chi connectivity index (χ4n) is 1.76. The topological polar surface area (TPSA) is 105 Å². The molecule has 1 saturated heterocycles. The first-order chi connectivity index (χ1) is 7.16. The molecule has 2 heterocycles. The van der Waals surface area contributed by atoms with Crippen LogP contribution in [0.15, 0.2) is 12.3 Å². The van der Waals surface area contributed by atoms with Crippen molar-refractivity contribution in [3.8, 4) is 0 Å². The Kier molecular flexibility index (Phi) is 2.40. The van der Waals surface area contributed by atoms with Crippen LogP contribution in [0.2, 0.25) is 0 Å². The first-order valence-corrected chi connectivity index (χ1v) is 4.84. The van der Waals surface area contributed by atoms with Crippen LogP contribution >= 0.6 is 0 Å². The molecule has 0 aliphatic carbocycles. The Morgan fingerprint density at radius 1 is 1.60 bits per heavy atom.